The molecule has 0 bridgehead atoms. The fourth-order valence-corrected chi connectivity index (χ4v) is 0.300. The Bertz CT molecular complexity index is 58.7. The maximum absolute atomic E-state index is 7.94. The van der Waals surface area contributed by atoms with Gasteiger partial charge in [0.15, 0.2) is 0 Å². The van der Waals surface area contributed by atoms with E-state index in [9.17, 15) is 0 Å². The van der Waals surface area contributed by atoms with Crippen molar-refractivity contribution in [2.24, 2.45) is 0 Å². The van der Waals surface area contributed by atoms with Crippen molar-refractivity contribution in [1.82, 2.24) is 0 Å². The predicted molar refractivity (Wildman–Crippen MR) is 27.1 cm³/mol. The summed E-state index contributed by atoms with van der Waals surface area (Å²) in [5.41, 5.74) is 0. The van der Waals surface area contributed by atoms with Crippen LogP contribution in [0.5, 0.6) is 0 Å². The zero-order valence-electron chi connectivity index (χ0n) is 2.59. The van der Waals surface area contributed by atoms with Crippen LogP contribution in [0.4, 0.5) is 0 Å². The van der Waals surface area contributed by atoms with Crippen molar-refractivity contribution in [1.29, 1.82) is 0 Å². The molecule has 1 nitrogen and oxygen atoms in total. The third-order valence-corrected chi connectivity index (χ3v) is 0.916. The van der Waals surface area contributed by atoms with Gasteiger partial charge in [0.05, 0.1) is 0 Å². The van der Waals surface area contributed by atoms with Crippen LogP contribution in [0.1, 0.15) is 0 Å². The van der Waals surface area contributed by atoms with Gasteiger partial charge in [-0.3, -0.25) is 0 Å². The summed E-state index contributed by atoms with van der Waals surface area (Å²) in [6, 6.07) is 0. The van der Waals surface area contributed by atoms with Crippen molar-refractivity contribution < 1.29 is 5.11 Å². The van der Waals surface area contributed by atoms with Crippen LogP contribution in [-0.2, 0) is 11.8 Å². The molecule has 0 rings (SSSR count). The number of rotatable bonds is 1. The maximum atomic E-state index is 7.94. The van der Waals surface area contributed by atoms with Crippen molar-refractivity contribution in [2.45, 2.75) is 0 Å². The number of aliphatic hydroxyl groups excluding tert-OH is 1. The van der Waals surface area contributed by atoms with Gasteiger partial charge in [-0.2, -0.15) is 0 Å². The van der Waals surface area contributed by atoms with Crippen molar-refractivity contribution >= 4 is 25.3 Å². The first-order valence-corrected chi connectivity index (χ1v) is 3.14. The number of aliphatic hydroxyl groups is 1. The van der Waals surface area contributed by atoms with Crippen molar-refractivity contribution in [2.75, 3.05) is 6.51 Å². The van der Waals surface area contributed by atoms with Crippen LogP contribution in [0.15, 0.2) is 0 Å². The second-order valence-electron chi connectivity index (χ2n) is 0.471. The zero-order chi connectivity index (χ0) is 4.12. The second kappa shape index (κ2) is 4.67. The summed E-state index contributed by atoms with van der Waals surface area (Å²) in [5, 5.41) is 7.94. The molecule has 0 aromatic carbocycles. The molecule has 0 fully saturated rings. The predicted octanol–water partition coefficient (Wildman–Crippen LogP) is -0.0365. The SMILES string of the molecule is OCB=[P+]=S. The molecule has 0 atom stereocenters. The molecule has 0 unspecified atom stereocenters. The van der Waals surface area contributed by atoms with E-state index >= 15 is 0 Å². The summed E-state index contributed by atoms with van der Waals surface area (Å²) in [6.07, 6.45) is 0. The van der Waals surface area contributed by atoms with E-state index < -0.39 is 0 Å². The van der Waals surface area contributed by atoms with Crippen molar-refractivity contribution in [3.05, 3.63) is 0 Å². The molecule has 0 saturated carbocycles. The fourth-order valence-electron chi connectivity index (χ4n) is 0.0333. The Kier molecular flexibility index (Phi) is 5.31. The molecule has 0 aliphatic heterocycles. The molecule has 26 valence electrons. The summed E-state index contributed by atoms with van der Waals surface area (Å²) in [4.78, 5) is 0. The molecule has 1 N–H and O–H groups in total. The number of hydrogen-bond donors (Lipinski definition) is 1. The molecule has 0 aromatic rings. The molecule has 0 radical (unpaired) electrons. The minimum absolute atomic E-state index is 0.102. The van der Waals surface area contributed by atoms with Crippen LogP contribution in [0.25, 0.3) is 0 Å². The molecular weight excluding hydrogens is 102 g/mol. The Morgan fingerprint density at radius 3 is 2.60 bits per heavy atom. The third-order valence-electron chi connectivity index (χ3n) is 0.156. The summed E-state index contributed by atoms with van der Waals surface area (Å²) in [7, 11) is 0. The van der Waals surface area contributed by atoms with Gasteiger partial charge in [-0.05, 0) is 0 Å². The average Bonchev–Trinajstić information content (AvgIpc) is 1.41. The Balaban J connectivity index is 2.93. The van der Waals surface area contributed by atoms with E-state index in [0.29, 0.717) is 0 Å². The van der Waals surface area contributed by atoms with Gasteiger partial charge in [0.2, 0.25) is 0 Å². The first kappa shape index (κ1) is 5.67. The average molecular weight is 105 g/mol. The van der Waals surface area contributed by atoms with Gasteiger partial charge in [-0.15, -0.1) is 0 Å². The Morgan fingerprint density at radius 2 is 2.60 bits per heavy atom. The molecule has 0 spiro atoms. The third kappa shape index (κ3) is 4.67. The molecule has 0 aliphatic carbocycles. The van der Waals surface area contributed by atoms with E-state index in [1.54, 1.807) is 6.62 Å². The molecule has 4 heteroatoms. The van der Waals surface area contributed by atoms with E-state index in [2.05, 4.69) is 11.8 Å². The van der Waals surface area contributed by atoms with Gasteiger partial charge in [-0.25, -0.2) is 0 Å². The molecule has 0 aromatic heterocycles. The normalized spacial score (nSPS) is 5.80. The van der Waals surface area contributed by atoms with E-state index in [1.165, 1.54) is 0 Å². The van der Waals surface area contributed by atoms with Gasteiger partial charge in [0.25, 0.3) is 0 Å². The molecule has 0 saturated heterocycles. The van der Waals surface area contributed by atoms with Crippen molar-refractivity contribution in [3.8, 4) is 0 Å². The first-order chi connectivity index (χ1) is 2.41. The number of hydrogen-bond acceptors (Lipinski definition) is 2. The van der Waals surface area contributed by atoms with Crippen LogP contribution < -0.4 is 0 Å². The topological polar surface area (TPSA) is 20.2 Å². The van der Waals surface area contributed by atoms with Gasteiger partial charge in [-0.1, -0.05) is 0 Å². The van der Waals surface area contributed by atoms with Gasteiger partial charge in [0.1, 0.15) is 0 Å². The van der Waals surface area contributed by atoms with Gasteiger partial charge >= 0.3 is 36.9 Å². The van der Waals surface area contributed by atoms with E-state index in [-0.39, 0.29) is 6.51 Å². The van der Waals surface area contributed by atoms with Crippen molar-refractivity contribution in [3.63, 3.8) is 0 Å². The Morgan fingerprint density at radius 1 is 2.00 bits per heavy atom. The monoisotopic (exact) mass is 105 g/mol. The van der Waals surface area contributed by atoms with Crippen LogP contribution in [-0.4, -0.2) is 18.2 Å². The molecule has 0 heterocycles. The van der Waals surface area contributed by atoms with E-state index in [4.69, 9.17) is 5.11 Å². The van der Waals surface area contributed by atoms with Gasteiger partial charge < -0.3 is 0 Å². The van der Waals surface area contributed by atoms with Crippen LogP contribution in [0.2, 0.25) is 0 Å². The standard InChI is InChI=1S/CH3BOPS/c3-1-2-4-5/h3H,1H2/q+1. The second-order valence-corrected chi connectivity index (χ2v) is 1.68. The Labute approximate surface area is 37.7 Å². The van der Waals surface area contributed by atoms with E-state index in [0.717, 1.165) is 6.85 Å². The summed E-state index contributed by atoms with van der Waals surface area (Å²) >= 11 is 4.41. The quantitative estimate of drug-likeness (QED) is 0.373. The Hall–Kier alpha value is 0.675. The summed E-state index contributed by atoms with van der Waals surface area (Å²) < 4.78 is 0. The fraction of sp³-hybridized carbons (Fsp3) is 1.00. The molecular formula is CH3BOPS+. The minimum atomic E-state index is 0.102. The zero-order valence-corrected chi connectivity index (χ0v) is 4.30. The van der Waals surface area contributed by atoms with Crippen LogP contribution in [0, 0.1) is 0 Å². The molecule has 0 aliphatic rings. The van der Waals surface area contributed by atoms with Crippen LogP contribution >= 0.6 is 6.85 Å². The summed E-state index contributed by atoms with van der Waals surface area (Å²) in [5.74, 6) is 0. The molecule has 0 amide bonds. The van der Waals surface area contributed by atoms with Gasteiger partial charge in [0, 0.05) is 0 Å². The molecule has 5 heavy (non-hydrogen) atoms. The summed E-state index contributed by atoms with van der Waals surface area (Å²) in [6.45, 7) is 2.43. The first-order valence-electron chi connectivity index (χ1n) is 1.17. The van der Waals surface area contributed by atoms with E-state index in [1.807, 2.05) is 0 Å². The van der Waals surface area contributed by atoms with Crippen LogP contribution in [0.3, 0.4) is 0 Å².